The van der Waals surface area contributed by atoms with Gasteiger partial charge in [-0.05, 0) is 12.1 Å². The van der Waals surface area contributed by atoms with E-state index in [2.05, 4.69) is 4.98 Å². The summed E-state index contributed by atoms with van der Waals surface area (Å²) in [5.41, 5.74) is -1.45. The van der Waals surface area contributed by atoms with Gasteiger partial charge in [0.25, 0.3) is 0 Å². The molecule has 0 bridgehead atoms. The predicted molar refractivity (Wildman–Crippen MR) is 65.0 cm³/mol. The smallest absolute Gasteiger partial charge is 0.308 e. The van der Waals surface area contributed by atoms with Crippen LogP contribution in [0.15, 0.2) is 12.1 Å². The van der Waals surface area contributed by atoms with E-state index in [0.717, 1.165) is 11.0 Å². The van der Waals surface area contributed by atoms with Gasteiger partial charge in [0.1, 0.15) is 10.9 Å². The molecule has 0 spiro atoms. The zero-order valence-electron chi connectivity index (χ0n) is 10.1. The molecular formula is C10H7ClF4N2O3S. The van der Waals surface area contributed by atoms with Crippen LogP contribution < -0.4 is 4.90 Å². The highest BCUT2D eigenvalue weighted by molar-refractivity contribution is 7.87. The molecule has 116 valence electrons. The Bertz CT molecular complexity index is 692. The Balaban J connectivity index is 2.34. The second kappa shape index (κ2) is 5.09. The van der Waals surface area contributed by atoms with Crippen LogP contribution in [0.2, 0.25) is 5.15 Å². The minimum atomic E-state index is -4.93. The van der Waals surface area contributed by atoms with Crippen LogP contribution in [0.1, 0.15) is 12.1 Å². The Morgan fingerprint density at radius 2 is 1.95 bits per heavy atom. The van der Waals surface area contributed by atoms with Crippen LogP contribution in [0.25, 0.3) is 0 Å². The summed E-state index contributed by atoms with van der Waals surface area (Å²) in [6, 6.07) is 1.50. The fraction of sp³-hybridized carbons (Fsp3) is 0.400. The molecule has 0 saturated carbocycles. The molecule has 1 aromatic heterocycles. The number of alkyl halides is 3. The third-order valence-corrected chi connectivity index (χ3v) is 4.29. The van der Waals surface area contributed by atoms with Crippen molar-refractivity contribution in [1.82, 2.24) is 4.98 Å². The molecular weight excluding hydrogens is 340 g/mol. The quantitative estimate of drug-likeness (QED) is 0.467. The van der Waals surface area contributed by atoms with Crippen molar-refractivity contribution < 1.29 is 30.3 Å². The van der Waals surface area contributed by atoms with E-state index in [0.29, 0.717) is 6.07 Å². The van der Waals surface area contributed by atoms with Gasteiger partial charge >= 0.3 is 16.4 Å². The Kier molecular flexibility index (Phi) is 3.87. The third-order valence-electron chi connectivity index (χ3n) is 2.90. The Morgan fingerprint density at radius 3 is 2.38 bits per heavy atom. The maximum absolute atomic E-state index is 12.9. The van der Waals surface area contributed by atoms with Crippen molar-refractivity contribution in [3.63, 3.8) is 0 Å². The van der Waals surface area contributed by atoms with E-state index in [9.17, 15) is 30.3 Å². The zero-order chi connectivity index (χ0) is 16.0. The van der Waals surface area contributed by atoms with Crippen LogP contribution in [0.4, 0.5) is 22.7 Å². The van der Waals surface area contributed by atoms with Gasteiger partial charge in [-0.15, -0.1) is 3.89 Å². The average Bonchev–Trinajstić information content (AvgIpc) is 2.70. The molecule has 1 atom stereocenters. The lowest BCUT2D eigenvalue weighted by molar-refractivity contribution is -0.141. The van der Waals surface area contributed by atoms with Gasteiger partial charge in [0.05, 0.1) is 5.69 Å². The molecule has 5 nitrogen and oxygen atoms in total. The van der Waals surface area contributed by atoms with Crippen LogP contribution in [-0.2, 0) is 21.2 Å². The summed E-state index contributed by atoms with van der Waals surface area (Å²) in [6.45, 7) is -0.523. The molecule has 0 N–H and O–H groups in total. The van der Waals surface area contributed by atoms with E-state index >= 15 is 0 Å². The summed E-state index contributed by atoms with van der Waals surface area (Å²) in [5.74, 6) is -0.760. The summed E-state index contributed by atoms with van der Waals surface area (Å²) in [4.78, 5) is 15.6. The fourth-order valence-corrected chi connectivity index (χ4v) is 2.81. The maximum Gasteiger partial charge on any atom is 0.433 e. The van der Waals surface area contributed by atoms with E-state index in [4.69, 9.17) is 11.6 Å². The second-order valence-electron chi connectivity index (χ2n) is 4.31. The van der Waals surface area contributed by atoms with Crippen LogP contribution in [0.3, 0.4) is 0 Å². The number of nitrogens with zero attached hydrogens (tertiary/aromatic N) is 2. The first kappa shape index (κ1) is 16.0. The standard InChI is InChI=1S/C10H7ClF4N2O3S/c11-9-6(1-2-7(16-9)10(12,13)14)17-4-5(3-8(17)18)21(15,19)20/h1-2,5H,3-4H2. The van der Waals surface area contributed by atoms with Crippen molar-refractivity contribution in [3.8, 4) is 0 Å². The van der Waals surface area contributed by atoms with Gasteiger partial charge in [0, 0.05) is 13.0 Å². The van der Waals surface area contributed by atoms with Crippen LogP contribution in [-0.4, -0.2) is 31.1 Å². The topological polar surface area (TPSA) is 67.3 Å². The van der Waals surface area contributed by atoms with E-state index in [1.165, 1.54) is 0 Å². The number of amides is 1. The first-order chi connectivity index (χ1) is 9.50. The summed E-state index contributed by atoms with van der Waals surface area (Å²) >= 11 is 5.59. The number of carbonyl (C=O) groups is 1. The lowest BCUT2D eigenvalue weighted by Crippen LogP contribution is -2.27. The lowest BCUT2D eigenvalue weighted by Gasteiger charge is -2.18. The molecule has 1 aliphatic rings. The average molecular weight is 347 g/mol. The second-order valence-corrected chi connectivity index (χ2v) is 6.29. The normalized spacial score (nSPS) is 20.1. The van der Waals surface area contributed by atoms with E-state index < -0.39 is 51.4 Å². The highest BCUT2D eigenvalue weighted by Gasteiger charge is 2.40. The van der Waals surface area contributed by atoms with Gasteiger partial charge in [-0.2, -0.15) is 21.6 Å². The van der Waals surface area contributed by atoms with Crippen molar-refractivity contribution in [3.05, 3.63) is 23.0 Å². The van der Waals surface area contributed by atoms with Crippen molar-refractivity contribution in [2.45, 2.75) is 17.8 Å². The van der Waals surface area contributed by atoms with Crippen molar-refractivity contribution >= 4 is 33.4 Å². The van der Waals surface area contributed by atoms with Crippen molar-refractivity contribution in [2.75, 3.05) is 11.4 Å². The molecule has 2 rings (SSSR count). The first-order valence-electron chi connectivity index (χ1n) is 5.47. The van der Waals surface area contributed by atoms with Gasteiger partial charge in [-0.1, -0.05) is 11.6 Å². The van der Waals surface area contributed by atoms with E-state index in [-0.39, 0.29) is 5.69 Å². The molecule has 1 amide bonds. The molecule has 0 aromatic carbocycles. The summed E-state index contributed by atoms with van der Waals surface area (Å²) in [7, 11) is -4.93. The van der Waals surface area contributed by atoms with Gasteiger partial charge < -0.3 is 4.90 Å². The highest BCUT2D eigenvalue weighted by Crippen LogP contribution is 2.34. The van der Waals surface area contributed by atoms with Gasteiger partial charge in [-0.3, -0.25) is 4.79 Å². The largest absolute Gasteiger partial charge is 0.433 e. The molecule has 21 heavy (non-hydrogen) atoms. The van der Waals surface area contributed by atoms with Crippen molar-refractivity contribution in [2.24, 2.45) is 0 Å². The monoisotopic (exact) mass is 346 g/mol. The molecule has 11 heteroatoms. The number of aromatic nitrogens is 1. The highest BCUT2D eigenvalue weighted by atomic mass is 35.5. The number of hydrogen-bond acceptors (Lipinski definition) is 4. The Labute approximate surface area is 121 Å². The molecule has 1 aromatic rings. The fourth-order valence-electron chi connectivity index (χ4n) is 1.88. The molecule has 0 radical (unpaired) electrons. The third kappa shape index (κ3) is 3.26. The van der Waals surface area contributed by atoms with Gasteiger partial charge in [-0.25, -0.2) is 4.98 Å². The lowest BCUT2D eigenvalue weighted by atomic mass is 10.3. The molecule has 2 heterocycles. The number of hydrogen-bond donors (Lipinski definition) is 0. The number of pyridine rings is 1. The zero-order valence-corrected chi connectivity index (χ0v) is 11.6. The Morgan fingerprint density at radius 1 is 1.33 bits per heavy atom. The maximum atomic E-state index is 12.9. The predicted octanol–water partition coefficient (Wildman–Crippen LogP) is 2.16. The number of rotatable bonds is 2. The summed E-state index contributed by atoms with van der Waals surface area (Å²) < 4.78 is 71.8. The molecule has 1 unspecified atom stereocenters. The summed E-state index contributed by atoms with van der Waals surface area (Å²) in [5, 5.41) is -2.18. The van der Waals surface area contributed by atoms with Gasteiger partial charge in [0.15, 0.2) is 5.15 Å². The number of carbonyl (C=O) groups excluding carboxylic acids is 1. The van der Waals surface area contributed by atoms with Crippen molar-refractivity contribution in [1.29, 1.82) is 0 Å². The van der Waals surface area contributed by atoms with Gasteiger partial charge in [0.2, 0.25) is 5.91 Å². The molecule has 1 aliphatic heterocycles. The van der Waals surface area contributed by atoms with Crippen LogP contribution in [0.5, 0.6) is 0 Å². The Hall–Kier alpha value is -1.42. The number of anilines is 1. The minimum Gasteiger partial charge on any atom is -0.308 e. The molecule has 1 saturated heterocycles. The van der Waals surface area contributed by atoms with E-state index in [1.807, 2.05) is 0 Å². The van der Waals surface area contributed by atoms with E-state index in [1.54, 1.807) is 0 Å². The van der Waals surface area contributed by atoms with Crippen LogP contribution >= 0.6 is 11.6 Å². The summed E-state index contributed by atoms with van der Waals surface area (Å²) in [6.07, 6.45) is -5.31. The first-order valence-corrected chi connectivity index (χ1v) is 7.30. The SMILES string of the molecule is O=C1CC(S(=O)(=O)F)CN1c1ccc(C(F)(F)F)nc1Cl. The molecule has 0 aliphatic carbocycles. The molecule has 1 fully saturated rings. The minimum absolute atomic E-state index is 0.194. The number of halogens is 5. The van der Waals surface area contributed by atoms with Crippen LogP contribution in [0, 0.1) is 0 Å².